The Hall–Kier alpha value is -1.88. The average molecular weight is 259 g/mol. The van der Waals surface area contributed by atoms with Gasteiger partial charge in [0.2, 0.25) is 5.91 Å². The number of carbonyl (C=O) groups is 1. The molecule has 19 heavy (non-hydrogen) atoms. The van der Waals surface area contributed by atoms with Crippen molar-refractivity contribution in [2.45, 2.75) is 32.4 Å². The zero-order chi connectivity index (χ0) is 13.2. The van der Waals surface area contributed by atoms with Gasteiger partial charge in [-0.2, -0.15) is 0 Å². The first-order valence-electron chi connectivity index (χ1n) is 6.56. The summed E-state index contributed by atoms with van der Waals surface area (Å²) in [5.74, 6) is -0.0364. The monoisotopic (exact) mass is 259 g/mol. The van der Waals surface area contributed by atoms with Crippen molar-refractivity contribution in [1.82, 2.24) is 14.7 Å². The summed E-state index contributed by atoms with van der Waals surface area (Å²) < 4.78 is 7.32. The zero-order valence-corrected chi connectivity index (χ0v) is 10.9. The minimum atomic E-state index is -0.278. The number of imidazole rings is 1. The molecule has 1 unspecified atom stereocenters. The van der Waals surface area contributed by atoms with Crippen molar-refractivity contribution in [3.8, 4) is 0 Å². The number of carbonyl (C=O) groups excluding carboxylic acids is 1. The maximum absolute atomic E-state index is 11.8. The van der Waals surface area contributed by atoms with Crippen LogP contribution in [0.5, 0.6) is 0 Å². The lowest BCUT2D eigenvalue weighted by Crippen LogP contribution is -2.33. The van der Waals surface area contributed by atoms with Gasteiger partial charge in [0, 0.05) is 19.0 Å². The lowest BCUT2D eigenvalue weighted by molar-refractivity contribution is -0.130. The first kappa shape index (κ1) is 12.2. The van der Waals surface area contributed by atoms with Crippen LogP contribution in [0.1, 0.15) is 24.1 Å². The van der Waals surface area contributed by atoms with E-state index in [1.54, 1.807) is 0 Å². The highest BCUT2D eigenvalue weighted by atomic mass is 16.5. The third-order valence-corrected chi connectivity index (χ3v) is 3.31. The summed E-state index contributed by atoms with van der Waals surface area (Å²) >= 11 is 0. The summed E-state index contributed by atoms with van der Waals surface area (Å²) in [6.45, 7) is 3.17. The molecule has 5 nitrogen and oxygen atoms in total. The van der Waals surface area contributed by atoms with Crippen molar-refractivity contribution in [2.75, 3.05) is 6.61 Å². The molecule has 0 aromatic carbocycles. The van der Waals surface area contributed by atoms with Gasteiger partial charge in [-0.15, -0.1) is 0 Å². The van der Waals surface area contributed by atoms with Crippen molar-refractivity contribution in [2.24, 2.45) is 0 Å². The Morgan fingerprint density at radius 2 is 2.42 bits per heavy atom. The van der Waals surface area contributed by atoms with Crippen molar-refractivity contribution in [3.05, 3.63) is 35.8 Å². The number of aromatic nitrogens is 2. The summed E-state index contributed by atoms with van der Waals surface area (Å²) in [5.41, 5.74) is 2.93. The van der Waals surface area contributed by atoms with Crippen LogP contribution in [0.2, 0.25) is 0 Å². The Kier molecular flexibility index (Phi) is 3.21. The van der Waals surface area contributed by atoms with Gasteiger partial charge in [0.15, 0.2) is 0 Å². The molecule has 1 atom stereocenters. The first-order chi connectivity index (χ1) is 9.22. The summed E-state index contributed by atoms with van der Waals surface area (Å²) in [6, 6.07) is 4.00. The second kappa shape index (κ2) is 5.01. The van der Waals surface area contributed by atoms with E-state index in [4.69, 9.17) is 4.74 Å². The Balaban J connectivity index is 1.66. The van der Waals surface area contributed by atoms with Gasteiger partial charge in [-0.05, 0) is 31.4 Å². The zero-order valence-electron chi connectivity index (χ0n) is 10.9. The van der Waals surface area contributed by atoms with Gasteiger partial charge in [-0.1, -0.05) is 6.07 Å². The highest BCUT2D eigenvalue weighted by Gasteiger charge is 2.23. The van der Waals surface area contributed by atoms with Crippen molar-refractivity contribution < 1.29 is 9.53 Å². The van der Waals surface area contributed by atoms with Gasteiger partial charge in [0.05, 0.1) is 12.2 Å². The standard InChI is InChI=1S/C14H17N3O2/c1-10-4-5-13-16-11(9-17(13)8-10)7-15-14(18)12-3-2-6-19-12/h4-5,8-9,12H,2-3,6-7H2,1H3,(H,15,18). The van der Waals surface area contributed by atoms with E-state index in [2.05, 4.69) is 10.3 Å². The fraction of sp³-hybridized carbons (Fsp3) is 0.429. The molecular weight excluding hydrogens is 242 g/mol. The summed E-state index contributed by atoms with van der Waals surface area (Å²) in [6.07, 6.45) is 5.47. The fourth-order valence-corrected chi connectivity index (χ4v) is 2.32. The van der Waals surface area contributed by atoms with Gasteiger partial charge in [-0.25, -0.2) is 4.98 Å². The van der Waals surface area contributed by atoms with Gasteiger partial charge >= 0.3 is 0 Å². The number of fused-ring (bicyclic) bond motifs is 1. The SMILES string of the molecule is Cc1ccc2nc(CNC(=O)C3CCCO3)cn2c1. The molecule has 1 N–H and O–H groups in total. The molecule has 3 rings (SSSR count). The molecule has 100 valence electrons. The van der Waals surface area contributed by atoms with Crippen LogP contribution >= 0.6 is 0 Å². The first-order valence-corrected chi connectivity index (χ1v) is 6.56. The number of ether oxygens (including phenoxy) is 1. The van der Waals surface area contributed by atoms with Gasteiger partial charge in [-0.3, -0.25) is 4.79 Å². The van der Waals surface area contributed by atoms with Crippen LogP contribution in [0.4, 0.5) is 0 Å². The van der Waals surface area contributed by atoms with E-state index < -0.39 is 0 Å². The highest BCUT2D eigenvalue weighted by Crippen LogP contribution is 2.12. The third-order valence-electron chi connectivity index (χ3n) is 3.31. The maximum Gasteiger partial charge on any atom is 0.249 e. The number of hydrogen-bond acceptors (Lipinski definition) is 3. The van der Waals surface area contributed by atoms with E-state index in [0.29, 0.717) is 13.2 Å². The average Bonchev–Trinajstić information content (AvgIpc) is 3.04. The number of nitrogens with zero attached hydrogens (tertiary/aromatic N) is 2. The maximum atomic E-state index is 11.8. The van der Waals surface area contributed by atoms with E-state index >= 15 is 0 Å². The Morgan fingerprint density at radius 1 is 1.53 bits per heavy atom. The Bertz CT molecular complexity index is 600. The fourth-order valence-electron chi connectivity index (χ4n) is 2.32. The van der Waals surface area contributed by atoms with Crippen LogP contribution in [0, 0.1) is 6.92 Å². The van der Waals surface area contributed by atoms with Gasteiger partial charge < -0.3 is 14.5 Å². The minimum Gasteiger partial charge on any atom is -0.368 e. The predicted molar refractivity (Wildman–Crippen MR) is 70.7 cm³/mol. The van der Waals surface area contributed by atoms with Gasteiger partial charge in [0.25, 0.3) is 0 Å². The van der Waals surface area contributed by atoms with Crippen LogP contribution in [0.25, 0.3) is 5.65 Å². The van der Waals surface area contributed by atoms with E-state index in [-0.39, 0.29) is 12.0 Å². The van der Waals surface area contributed by atoms with E-state index in [9.17, 15) is 4.79 Å². The number of rotatable bonds is 3. The molecule has 1 fully saturated rings. The lowest BCUT2D eigenvalue weighted by atomic mass is 10.2. The molecule has 0 bridgehead atoms. The van der Waals surface area contributed by atoms with Crippen LogP contribution < -0.4 is 5.32 Å². The van der Waals surface area contributed by atoms with Crippen LogP contribution in [-0.2, 0) is 16.1 Å². The third kappa shape index (κ3) is 2.61. The van der Waals surface area contributed by atoms with Crippen LogP contribution in [0.15, 0.2) is 24.5 Å². The number of hydrogen-bond donors (Lipinski definition) is 1. The van der Waals surface area contributed by atoms with E-state index in [1.807, 2.05) is 35.9 Å². The minimum absolute atomic E-state index is 0.0364. The van der Waals surface area contributed by atoms with Crippen LogP contribution in [0.3, 0.4) is 0 Å². The van der Waals surface area contributed by atoms with E-state index in [0.717, 1.165) is 24.2 Å². The second-order valence-electron chi connectivity index (χ2n) is 4.92. The molecule has 1 amide bonds. The quantitative estimate of drug-likeness (QED) is 0.907. The molecule has 2 aromatic rings. The summed E-state index contributed by atoms with van der Waals surface area (Å²) in [4.78, 5) is 16.3. The number of amides is 1. The summed E-state index contributed by atoms with van der Waals surface area (Å²) in [5, 5.41) is 2.88. The molecule has 5 heteroatoms. The molecule has 0 radical (unpaired) electrons. The van der Waals surface area contributed by atoms with Gasteiger partial charge in [0.1, 0.15) is 11.8 Å². The molecule has 1 aliphatic heterocycles. The smallest absolute Gasteiger partial charge is 0.249 e. The molecular formula is C14H17N3O2. The highest BCUT2D eigenvalue weighted by molar-refractivity contribution is 5.80. The topological polar surface area (TPSA) is 55.6 Å². The van der Waals surface area contributed by atoms with Crippen molar-refractivity contribution in [3.63, 3.8) is 0 Å². The second-order valence-corrected chi connectivity index (χ2v) is 4.92. The van der Waals surface area contributed by atoms with E-state index in [1.165, 1.54) is 5.56 Å². The Morgan fingerprint density at radius 3 is 3.21 bits per heavy atom. The number of aryl methyl sites for hydroxylation is 1. The molecule has 1 aliphatic rings. The molecule has 3 heterocycles. The van der Waals surface area contributed by atoms with Crippen molar-refractivity contribution in [1.29, 1.82) is 0 Å². The lowest BCUT2D eigenvalue weighted by Gasteiger charge is -2.08. The summed E-state index contributed by atoms with van der Waals surface area (Å²) in [7, 11) is 0. The molecule has 0 aliphatic carbocycles. The molecule has 1 saturated heterocycles. The normalized spacial score (nSPS) is 18.9. The number of pyridine rings is 1. The molecule has 2 aromatic heterocycles. The van der Waals surface area contributed by atoms with Crippen LogP contribution in [-0.4, -0.2) is 28.0 Å². The van der Waals surface area contributed by atoms with Crippen molar-refractivity contribution >= 4 is 11.6 Å². The number of nitrogens with one attached hydrogen (secondary N) is 1. The Labute approximate surface area is 111 Å². The predicted octanol–water partition coefficient (Wildman–Crippen LogP) is 1.44. The largest absolute Gasteiger partial charge is 0.368 e. The molecule has 0 saturated carbocycles. The molecule has 0 spiro atoms.